The second-order valence-corrected chi connectivity index (χ2v) is 8.01. The highest BCUT2D eigenvalue weighted by Crippen LogP contribution is 2.37. The summed E-state index contributed by atoms with van der Waals surface area (Å²) in [6, 6.07) is 9.70. The molecule has 5 nitrogen and oxygen atoms in total. The number of halogens is 6. The van der Waals surface area contributed by atoms with Crippen LogP contribution in [0.5, 0.6) is 0 Å². The number of hydrogen-bond donors (Lipinski definition) is 1. The Morgan fingerprint density at radius 1 is 1.03 bits per heavy atom. The lowest BCUT2D eigenvalue weighted by molar-refractivity contribution is -0.143. The Morgan fingerprint density at radius 3 is 2.24 bits per heavy atom. The van der Waals surface area contributed by atoms with Crippen molar-refractivity contribution in [3.63, 3.8) is 0 Å². The normalized spacial score (nSPS) is 22.5. The molecule has 2 unspecified atom stereocenters. The molecule has 4 rings (SSSR count). The van der Waals surface area contributed by atoms with Gasteiger partial charge in [0.2, 0.25) is 0 Å². The van der Waals surface area contributed by atoms with Gasteiger partial charge in [-0.1, -0.05) is 30.3 Å². The molecule has 1 N–H and O–H groups in total. The fourth-order valence-corrected chi connectivity index (χ4v) is 3.94. The molecular weight excluding hydrogens is 464 g/mol. The lowest BCUT2D eigenvalue weighted by atomic mass is 9.91. The smallest absolute Gasteiger partial charge is 0.374 e. The average Bonchev–Trinajstić information content (AvgIpc) is 3.41. The summed E-state index contributed by atoms with van der Waals surface area (Å²) < 4.78 is 84.5. The molecule has 1 saturated heterocycles. The number of nitrogens with zero attached hydrogens (tertiary/aromatic N) is 2. The Hall–Kier alpha value is -3.34. The number of carbonyl (C=O) groups excluding carboxylic acids is 1. The van der Waals surface area contributed by atoms with Crippen LogP contribution in [0.4, 0.5) is 31.1 Å². The highest BCUT2D eigenvalue weighted by Gasteiger charge is 2.46. The summed E-state index contributed by atoms with van der Waals surface area (Å²) in [5.41, 5.74) is -3.50. The lowest BCUT2D eigenvalue weighted by Gasteiger charge is -2.29. The monoisotopic (exact) mass is 483 g/mol. The van der Waals surface area contributed by atoms with E-state index in [0.717, 1.165) is 0 Å². The maximum Gasteiger partial charge on any atom is 0.416 e. The maximum atomic E-state index is 13.1. The first-order chi connectivity index (χ1) is 16.0. The van der Waals surface area contributed by atoms with Gasteiger partial charge in [-0.3, -0.25) is 9.89 Å². The summed E-state index contributed by atoms with van der Waals surface area (Å²) in [7, 11) is 0. The number of urea groups is 1. The van der Waals surface area contributed by atoms with E-state index in [1.807, 2.05) is 0 Å². The number of alkyl halides is 6. The van der Waals surface area contributed by atoms with Crippen LogP contribution in [0.15, 0.2) is 65.7 Å². The quantitative estimate of drug-likeness (QED) is 0.580. The molecule has 0 spiro atoms. The first-order valence-corrected chi connectivity index (χ1v) is 10.2. The number of aliphatic imine (C=N–C) groups is 1. The van der Waals surface area contributed by atoms with Crippen molar-refractivity contribution < 1.29 is 35.9 Å². The van der Waals surface area contributed by atoms with E-state index < -0.39 is 47.8 Å². The molecule has 2 heterocycles. The summed E-state index contributed by atoms with van der Waals surface area (Å²) in [6.45, 7) is -0.561. The molecule has 180 valence electrons. The molecule has 0 aliphatic carbocycles. The van der Waals surface area contributed by atoms with E-state index in [1.54, 1.807) is 48.7 Å². The first kappa shape index (κ1) is 23.8. The Kier molecular flexibility index (Phi) is 6.15. The van der Waals surface area contributed by atoms with Crippen molar-refractivity contribution in [3.8, 4) is 0 Å². The summed E-state index contributed by atoms with van der Waals surface area (Å²) in [5, 5.41) is 2.86. The number of carbonyl (C=O) groups is 1. The fourth-order valence-electron chi connectivity index (χ4n) is 3.94. The van der Waals surface area contributed by atoms with E-state index in [-0.39, 0.29) is 24.8 Å². The summed E-state index contributed by atoms with van der Waals surface area (Å²) in [6.07, 6.45) is -5.43. The average molecular weight is 483 g/mol. The van der Waals surface area contributed by atoms with Gasteiger partial charge < -0.3 is 10.1 Å². The second-order valence-electron chi connectivity index (χ2n) is 8.01. The van der Waals surface area contributed by atoms with Crippen molar-refractivity contribution in [1.82, 2.24) is 10.2 Å². The fraction of sp³-hybridized carbons (Fsp3) is 0.304. The zero-order chi connectivity index (χ0) is 24.6. The van der Waals surface area contributed by atoms with Crippen LogP contribution in [-0.2, 0) is 29.2 Å². The van der Waals surface area contributed by atoms with Crippen LogP contribution in [0.1, 0.15) is 22.3 Å². The van der Waals surface area contributed by atoms with Gasteiger partial charge in [-0.25, -0.2) is 4.79 Å². The van der Waals surface area contributed by atoms with Crippen LogP contribution in [0.25, 0.3) is 0 Å². The highest BCUT2D eigenvalue weighted by molar-refractivity contribution is 5.81. The van der Waals surface area contributed by atoms with Gasteiger partial charge in [0.15, 0.2) is 0 Å². The molecule has 2 aliphatic rings. The molecule has 2 atom stereocenters. The molecule has 0 bridgehead atoms. The zero-order valence-electron chi connectivity index (χ0n) is 17.5. The predicted octanol–water partition coefficient (Wildman–Crippen LogP) is 5.13. The van der Waals surface area contributed by atoms with Crippen molar-refractivity contribution in [3.05, 3.63) is 82.9 Å². The molecule has 34 heavy (non-hydrogen) atoms. The van der Waals surface area contributed by atoms with Crippen molar-refractivity contribution >= 4 is 12.2 Å². The minimum Gasteiger partial charge on any atom is -0.374 e. The van der Waals surface area contributed by atoms with Crippen molar-refractivity contribution in [2.75, 3.05) is 13.2 Å². The van der Waals surface area contributed by atoms with Gasteiger partial charge in [0.25, 0.3) is 0 Å². The molecule has 0 radical (unpaired) electrons. The van der Waals surface area contributed by atoms with E-state index in [9.17, 15) is 31.1 Å². The van der Waals surface area contributed by atoms with Gasteiger partial charge in [-0.15, -0.1) is 0 Å². The second kappa shape index (κ2) is 8.79. The first-order valence-electron chi connectivity index (χ1n) is 10.2. The van der Waals surface area contributed by atoms with Crippen LogP contribution >= 0.6 is 0 Å². The van der Waals surface area contributed by atoms with Gasteiger partial charge in [-0.05, 0) is 41.5 Å². The van der Waals surface area contributed by atoms with Gasteiger partial charge in [-0.2, -0.15) is 26.3 Å². The third-order valence-electron chi connectivity index (χ3n) is 5.57. The number of nitrogens with one attached hydrogen (secondary N) is 1. The third-order valence-corrected chi connectivity index (χ3v) is 5.57. The van der Waals surface area contributed by atoms with Crippen LogP contribution in [0.2, 0.25) is 0 Å². The Labute approximate surface area is 190 Å². The van der Waals surface area contributed by atoms with Crippen LogP contribution in [-0.4, -0.2) is 36.5 Å². The molecule has 2 aromatic carbocycles. The molecule has 2 aliphatic heterocycles. The maximum absolute atomic E-state index is 13.1. The van der Waals surface area contributed by atoms with Gasteiger partial charge in [0.1, 0.15) is 11.7 Å². The number of ether oxygens (including phenoxy) is 1. The Bertz CT molecular complexity index is 1070. The van der Waals surface area contributed by atoms with Gasteiger partial charge in [0.05, 0.1) is 30.9 Å². The molecule has 0 aromatic heterocycles. The van der Waals surface area contributed by atoms with E-state index in [0.29, 0.717) is 17.7 Å². The standard InChI is InChI=1S/C23H19F6N3O2/c24-22(25,26)17-9-15(10-18(11-17)23(27,28)29)12-34-14-21(16-5-2-1-3-6-16)13-32(20(33)31-21)19-7-4-8-30-19/h1-11,19H,12-14H2,(H,31,33). The van der Waals surface area contributed by atoms with E-state index >= 15 is 0 Å². The zero-order valence-corrected chi connectivity index (χ0v) is 17.5. The topological polar surface area (TPSA) is 53.9 Å². The number of benzene rings is 2. The number of allylic oxidation sites excluding steroid dienone is 1. The highest BCUT2D eigenvalue weighted by atomic mass is 19.4. The SMILES string of the molecule is O=C1NC(COCc2cc(C(F)(F)F)cc(C(F)(F)F)c2)(c2ccccc2)CN1C1C=CC=N1. The Balaban J connectivity index is 1.57. The van der Waals surface area contributed by atoms with Crippen LogP contribution in [0, 0.1) is 0 Å². The van der Waals surface area contributed by atoms with Crippen molar-refractivity contribution in [2.24, 2.45) is 4.99 Å². The van der Waals surface area contributed by atoms with Crippen molar-refractivity contribution in [2.45, 2.75) is 30.7 Å². The number of amides is 2. The predicted molar refractivity (Wildman–Crippen MR) is 111 cm³/mol. The largest absolute Gasteiger partial charge is 0.416 e. The molecule has 11 heteroatoms. The number of hydrogen-bond acceptors (Lipinski definition) is 3. The molecule has 2 aromatic rings. The van der Waals surface area contributed by atoms with Gasteiger partial charge in [0, 0.05) is 6.21 Å². The Morgan fingerprint density at radius 2 is 1.68 bits per heavy atom. The van der Waals surface area contributed by atoms with Crippen LogP contribution < -0.4 is 5.32 Å². The van der Waals surface area contributed by atoms with E-state index in [2.05, 4.69) is 10.3 Å². The lowest BCUT2D eigenvalue weighted by Crippen LogP contribution is -2.44. The summed E-state index contributed by atoms with van der Waals surface area (Å²) >= 11 is 0. The molecule has 0 saturated carbocycles. The molecular formula is C23H19F6N3O2. The molecule has 2 amide bonds. The van der Waals surface area contributed by atoms with Crippen molar-refractivity contribution in [1.29, 1.82) is 0 Å². The summed E-state index contributed by atoms with van der Waals surface area (Å²) in [4.78, 5) is 18.4. The third kappa shape index (κ3) is 4.93. The van der Waals surface area contributed by atoms with E-state index in [1.165, 1.54) is 4.90 Å². The van der Waals surface area contributed by atoms with Crippen LogP contribution in [0.3, 0.4) is 0 Å². The molecule has 1 fully saturated rings. The minimum atomic E-state index is -4.95. The minimum absolute atomic E-state index is 0.0691. The number of rotatable bonds is 6. The summed E-state index contributed by atoms with van der Waals surface area (Å²) in [5.74, 6) is 0. The van der Waals surface area contributed by atoms with Gasteiger partial charge >= 0.3 is 18.4 Å². The van der Waals surface area contributed by atoms with E-state index in [4.69, 9.17) is 4.74 Å².